The van der Waals surface area contributed by atoms with Gasteiger partial charge < -0.3 is 14.6 Å². The van der Waals surface area contributed by atoms with Crippen LogP contribution in [0.5, 0.6) is 5.75 Å². The number of amides is 1. The van der Waals surface area contributed by atoms with E-state index in [0.29, 0.717) is 39.0 Å². The molecule has 1 N–H and O–H groups in total. The number of hydrogen-bond donors (Lipinski definition) is 1. The van der Waals surface area contributed by atoms with Crippen LogP contribution in [0.1, 0.15) is 12.0 Å². The van der Waals surface area contributed by atoms with Gasteiger partial charge in [-0.15, -0.1) is 0 Å². The standard InChI is InChI=1S/C17H15Cl2F3N2O3/c18-12-3-4-14(13(19)8-12)27-7-1-6-23-15(25)10-24-9-11(17(20,21)22)2-5-16(24)26/h2-5,8-9H,1,6-7,10H2,(H,23,25). The topological polar surface area (TPSA) is 60.3 Å². The van der Waals surface area contributed by atoms with Crippen LogP contribution in [0.15, 0.2) is 41.3 Å². The highest BCUT2D eigenvalue weighted by Gasteiger charge is 2.31. The Kier molecular flexibility index (Phi) is 7.15. The van der Waals surface area contributed by atoms with Gasteiger partial charge in [-0.05, 0) is 30.7 Å². The van der Waals surface area contributed by atoms with E-state index in [-0.39, 0.29) is 13.2 Å². The minimum Gasteiger partial charge on any atom is -0.492 e. The van der Waals surface area contributed by atoms with Crippen LogP contribution in [-0.4, -0.2) is 23.6 Å². The van der Waals surface area contributed by atoms with Gasteiger partial charge in [-0.25, -0.2) is 0 Å². The quantitative estimate of drug-likeness (QED) is 0.691. The van der Waals surface area contributed by atoms with Gasteiger partial charge >= 0.3 is 6.18 Å². The third-order valence-electron chi connectivity index (χ3n) is 3.42. The predicted octanol–water partition coefficient (Wildman–Crippen LogP) is 3.76. The molecule has 5 nitrogen and oxygen atoms in total. The Morgan fingerprint density at radius 2 is 1.93 bits per heavy atom. The number of nitrogens with one attached hydrogen (secondary N) is 1. The van der Waals surface area contributed by atoms with Crippen molar-refractivity contribution in [2.24, 2.45) is 0 Å². The average Bonchev–Trinajstić information content (AvgIpc) is 2.57. The summed E-state index contributed by atoms with van der Waals surface area (Å²) in [4.78, 5) is 23.4. The van der Waals surface area contributed by atoms with Gasteiger partial charge in [0.25, 0.3) is 5.56 Å². The van der Waals surface area contributed by atoms with Gasteiger partial charge in [0.15, 0.2) is 0 Å². The van der Waals surface area contributed by atoms with Crippen LogP contribution in [0.25, 0.3) is 0 Å². The summed E-state index contributed by atoms with van der Waals surface area (Å²) in [6, 6.07) is 6.23. The molecule has 0 unspecified atom stereocenters. The first-order chi connectivity index (χ1) is 12.7. The maximum atomic E-state index is 12.7. The van der Waals surface area contributed by atoms with Crippen LogP contribution in [0, 0.1) is 0 Å². The minimum absolute atomic E-state index is 0.220. The second-order valence-corrected chi connectivity index (χ2v) is 6.35. The summed E-state index contributed by atoms with van der Waals surface area (Å²) in [6.07, 6.45) is -3.54. The summed E-state index contributed by atoms with van der Waals surface area (Å²) in [5.74, 6) is -0.135. The molecule has 10 heteroatoms. The van der Waals surface area contributed by atoms with Crippen molar-refractivity contribution < 1.29 is 22.7 Å². The lowest BCUT2D eigenvalue weighted by atomic mass is 10.2. The number of carbonyl (C=O) groups excluding carboxylic acids is 1. The van der Waals surface area contributed by atoms with Crippen molar-refractivity contribution >= 4 is 29.1 Å². The molecule has 0 fully saturated rings. The number of rotatable bonds is 7. The number of pyridine rings is 1. The molecule has 0 aliphatic rings. The van der Waals surface area contributed by atoms with Gasteiger partial charge in [0.1, 0.15) is 12.3 Å². The molecule has 1 amide bonds. The number of aromatic nitrogens is 1. The molecule has 2 aromatic rings. The molecule has 1 heterocycles. The molecule has 0 bridgehead atoms. The zero-order valence-corrected chi connectivity index (χ0v) is 15.4. The van der Waals surface area contributed by atoms with Gasteiger partial charge in [0.2, 0.25) is 5.91 Å². The number of ether oxygens (including phenoxy) is 1. The summed E-state index contributed by atoms with van der Waals surface area (Å²) in [5, 5.41) is 3.35. The summed E-state index contributed by atoms with van der Waals surface area (Å²) < 4.78 is 44.2. The highest BCUT2D eigenvalue weighted by molar-refractivity contribution is 6.35. The second-order valence-electron chi connectivity index (χ2n) is 5.51. The Bertz CT molecular complexity index is 869. The van der Waals surface area contributed by atoms with E-state index in [9.17, 15) is 22.8 Å². The lowest BCUT2D eigenvalue weighted by Gasteiger charge is -2.11. The van der Waals surface area contributed by atoms with Crippen molar-refractivity contribution in [2.45, 2.75) is 19.1 Å². The maximum Gasteiger partial charge on any atom is 0.417 e. The van der Waals surface area contributed by atoms with Gasteiger partial charge in [-0.2, -0.15) is 13.2 Å². The molecule has 27 heavy (non-hydrogen) atoms. The maximum absolute atomic E-state index is 12.7. The molecule has 0 atom stereocenters. The minimum atomic E-state index is -4.59. The van der Waals surface area contributed by atoms with Crippen molar-refractivity contribution in [1.82, 2.24) is 9.88 Å². The molecule has 1 aromatic carbocycles. The molecule has 2 rings (SSSR count). The van der Waals surface area contributed by atoms with Crippen molar-refractivity contribution in [3.05, 3.63) is 62.5 Å². The zero-order valence-electron chi connectivity index (χ0n) is 13.9. The van der Waals surface area contributed by atoms with Crippen LogP contribution in [0.2, 0.25) is 10.0 Å². The summed E-state index contributed by atoms with van der Waals surface area (Å²) in [6.45, 7) is -0.0322. The number of nitrogens with zero attached hydrogens (tertiary/aromatic N) is 1. The highest BCUT2D eigenvalue weighted by Crippen LogP contribution is 2.28. The fraction of sp³-hybridized carbons (Fsp3) is 0.294. The average molecular weight is 423 g/mol. The molecule has 0 radical (unpaired) electrons. The molecule has 1 aromatic heterocycles. The molecule has 0 aliphatic heterocycles. The van der Waals surface area contributed by atoms with Crippen LogP contribution in [0.4, 0.5) is 13.2 Å². The molecular weight excluding hydrogens is 408 g/mol. The van der Waals surface area contributed by atoms with Gasteiger partial charge in [0.05, 0.1) is 17.2 Å². The molecule has 0 saturated heterocycles. The van der Waals surface area contributed by atoms with Crippen molar-refractivity contribution in [3.8, 4) is 5.75 Å². The van der Waals surface area contributed by atoms with Gasteiger partial charge in [-0.3, -0.25) is 9.59 Å². The van der Waals surface area contributed by atoms with Crippen molar-refractivity contribution in [3.63, 3.8) is 0 Å². The van der Waals surface area contributed by atoms with E-state index in [4.69, 9.17) is 27.9 Å². The first-order valence-corrected chi connectivity index (χ1v) is 8.54. The van der Waals surface area contributed by atoms with E-state index in [1.165, 1.54) is 6.07 Å². The van der Waals surface area contributed by atoms with Crippen molar-refractivity contribution in [2.75, 3.05) is 13.2 Å². The normalized spacial score (nSPS) is 11.3. The third kappa shape index (κ3) is 6.48. The van der Waals surface area contributed by atoms with Crippen molar-refractivity contribution in [1.29, 1.82) is 0 Å². The van der Waals surface area contributed by atoms with Crippen LogP contribution < -0.4 is 15.6 Å². The van der Waals surface area contributed by atoms with E-state index >= 15 is 0 Å². The lowest BCUT2D eigenvalue weighted by molar-refractivity contribution is -0.138. The van der Waals surface area contributed by atoms with Gasteiger partial charge in [0, 0.05) is 23.8 Å². The van der Waals surface area contributed by atoms with Crippen LogP contribution >= 0.6 is 23.2 Å². The SMILES string of the molecule is O=C(Cn1cc(C(F)(F)F)ccc1=O)NCCCOc1ccc(Cl)cc1Cl. The Morgan fingerprint density at radius 3 is 2.59 bits per heavy atom. The third-order valence-corrected chi connectivity index (χ3v) is 3.95. The largest absolute Gasteiger partial charge is 0.492 e. The fourth-order valence-corrected chi connectivity index (χ4v) is 2.57. The van der Waals surface area contributed by atoms with Gasteiger partial charge in [-0.1, -0.05) is 23.2 Å². The molecule has 0 aliphatic carbocycles. The fourth-order valence-electron chi connectivity index (χ4n) is 2.11. The number of benzene rings is 1. The Morgan fingerprint density at radius 1 is 1.19 bits per heavy atom. The number of halogens is 5. The van der Waals surface area contributed by atoms with E-state index in [1.54, 1.807) is 12.1 Å². The highest BCUT2D eigenvalue weighted by atomic mass is 35.5. The van der Waals surface area contributed by atoms with E-state index in [1.807, 2.05) is 0 Å². The monoisotopic (exact) mass is 422 g/mol. The van der Waals surface area contributed by atoms with Crippen LogP contribution in [-0.2, 0) is 17.5 Å². The summed E-state index contributed by atoms with van der Waals surface area (Å²) in [7, 11) is 0. The van der Waals surface area contributed by atoms with Crippen LogP contribution in [0.3, 0.4) is 0 Å². The molecule has 0 spiro atoms. The zero-order chi connectivity index (χ0) is 20.0. The van der Waals surface area contributed by atoms with E-state index < -0.39 is 29.8 Å². The number of carbonyl (C=O) groups is 1. The molecule has 146 valence electrons. The number of hydrogen-bond acceptors (Lipinski definition) is 3. The first-order valence-electron chi connectivity index (χ1n) is 7.79. The molecule has 0 saturated carbocycles. The summed E-state index contributed by atoms with van der Waals surface area (Å²) >= 11 is 11.7. The number of alkyl halides is 3. The Balaban J connectivity index is 1.79. The second kappa shape index (κ2) is 9.14. The summed E-state index contributed by atoms with van der Waals surface area (Å²) in [5.41, 5.74) is -1.69. The Labute approximate surface area is 162 Å². The molecular formula is C17H15Cl2F3N2O3. The predicted molar refractivity (Wildman–Crippen MR) is 95.3 cm³/mol. The lowest BCUT2D eigenvalue weighted by Crippen LogP contribution is -2.33. The van der Waals surface area contributed by atoms with E-state index in [0.717, 1.165) is 6.07 Å². The van der Waals surface area contributed by atoms with E-state index in [2.05, 4.69) is 5.32 Å². The smallest absolute Gasteiger partial charge is 0.417 e. The first kappa shape index (κ1) is 21.1. The Hall–Kier alpha value is -2.19.